The lowest BCUT2D eigenvalue weighted by molar-refractivity contribution is 0.738. The molecule has 4 nitrogen and oxygen atoms in total. The van der Waals surface area contributed by atoms with Gasteiger partial charge in [0, 0.05) is 30.2 Å². The van der Waals surface area contributed by atoms with Crippen molar-refractivity contribution in [2.24, 2.45) is 0 Å². The van der Waals surface area contributed by atoms with E-state index in [2.05, 4.69) is 45.7 Å². The molecular formula is C16H18N4. The zero-order valence-corrected chi connectivity index (χ0v) is 11.6. The van der Waals surface area contributed by atoms with Crippen LogP contribution in [0.25, 0.3) is 5.57 Å². The molecule has 0 fully saturated rings. The molecule has 2 N–H and O–H groups in total. The van der Waals surface area contributed by atoms with Gasteiger partial charge in [-0.1, -0.05) is 23.8 Å². The lowest BCUT2D eigenvalue weighted by Gasteiger charge is -2.13. The molecule has 20 heavy (non-hydrogen) atoms. The zero-order chi connectivity index (χ0) is 13.8. The average molecular weight is 266 g/mol. The lowest BCUT2D eigenvalue weighted by Crippen LogP contribution is -2.20. The Balaban J connectivity index is 1.72. The largest absolute Gasteiger partial charge is 0.324 e. The van der Waals surface area contributed by atoms with Gasteiger partial charge in [0.1, 0.15) is 0 Å². The number of rotatable bonds is 3. The molecule has 0 bridgehead atoms. The summed E-state index contributed by atoms with van der Waals surface area (Å²) in [7, 11) is 0. The summed E-state index contributed by atoms with van der Waals surface area (Å²) in [5.74, 6) is 0.632. The van der Waals surface area contributed by atoms with Crippen molar-refractivity contribution in [3.05, 3.63) is 53.9 Å². The first-order valence-corrected chi connectivity index (χ1v) is 6.87. The van der Waals surface area contributed by atoms with Crippen LogP contribution in [0.3, 0.4) is 0 Å². The molecule has 0 spiro atoms. The second kappa shape index (κ2) is 5.84. The Kier molecular flexibility index (Phi) is 3.74. The van der Waals surface area contributed by atoms with Crippen LogP contribution in [0.5, 0.6) is 0 Å². The predicted octanol–water partition coefficient (Wildman–Crippen LogP) is 2.91. The number of hydrogen-bond acceptors (Lipinski definition) is 4. The Bertz CT molecular complexity index is 599. The maximum Gasteiger partial charge on any atom is 0.227 e. The van der Waals surface area contributed by atoms with E-state index in [4.69, 9.17) is 0 Å². The van der Waals surface area contributed by atoms with Crippen molar-refractivity contribution in [3.63, 3.8) is 0 Å². The highest BCUT2D eigenvalue weighted by atomic mass is 15.1. The summed E-state index contributed by atoms with van der Waals surface area (Å²) in [6.07, 6.45) is 7.02. The Morgan fingerprint density at radius 3 is 2.50 bits per heavy atom. The highest BCUT2D eigenvalue weighted by Gasteiger charge is 2.06. The van der Waals surface area contributed by atoms with Gasteiger partial charge in [0.2, 0.25) is 5.95 Å². The summed E-state index contributed by atoms with van der Waals surface area (Å²) >= 11 is 0. The van der Waals surface area contributed by atoms with Crippen LogP contribution in [-0.2, 0) is 0 Å². The first-order chi connectivity index (χ1) is 9.81. The third-order valence-electron chi connectivity index (χ3n) is 3.39. The second-order valence-corrected chi connectivity index (χ2v) is 4.97. The van der Waals surface area contributed by atoms with Crippen molar-refractivity contribution in [3.8, 4) is 0 Å². The van der Waals surface area contributed by atoms with Crippen molar-refractivity contribution in [2.75, 3.05) is 18.4 Å². The topological polar surface area (TPSA) is 49.8 Å². The number of aryl methyl sites for hydroxylation is 1. The van der Waals surface area contributed by atoms with Crippen LogP contribution >= 0.6 is 0 Å². The molecule has 0 radical (unpaired) electrons. The van der Waals surface area contributed by atoms with Gasteiger partial charge in [0.05, 0.1) is 0 Å². The standard InChI is InChI=1S/C16H18N4/c1-12-2-4-15(5-3-12)20-16-18-10-14(11-19-16)13-6-8-17-9-7-13/h2-6,10-11,17H,7-9H2,1H3,(H,18,19,20). The monoisotopic (exact) mass is 266 g/mol. The third-order valence-corrected chi connectivity index (χ3v) is 3.39. The fourth-order valence-electron chi connectivity index (χ4n) is 2.21. The minimum Gasteiger partial charge on any atom is -0.324 e. The van der Waals surface area contributed by atoms with Crippen LogP contribution in [0.1, 0.15) is 17.5 Å². The van der Waals surface area contributed by atoms with E-state index in [0.29, 0.717) is 5.95 Å². The predicted molar refractivity (Wildman–Crippen MR) is 82.0 cm³/mol. The highest BCUT2D eigenvalue weighted by Crippen LogP contribution is 2.19. The van der Waals surface area contributed by atoms with Gasteiger partial charge in [0.25, 0.3) is 0 Å². The average Bonchev–Trinajstić information content (AvgIpc) is 2.51. The van der Waals surface area contributed by atoms with Crippen LogP contribution in [0.4, 0.5) is 11.6 Å². The van der Waals surface area contributed by atoms with Gasteiger partial charge in [-0.15, -0.1) is 0 Å². The van der Waals surface area contributed by atoms with Crippen molar-refractivity contribution in [1.29, 1.82) is 0 Å². The van der Waals surface area contributed by atoms with E-state index in [-0.39, 0.29) is 0 Å². The zero-order valence-electron chi connectivity index (χ0n) is 11.6. The molecule has 0 unspecified atom stereocenters. The fraction of sp³-hybridized carbons (Fsp3) is 0.250. The smallest absolute Gasteiger partial charge is 0.227 e. The molecule has 2 aromatic rings. The fourth-order valence-corrected chi connectivity index (χ4v) is 2.21. The molecule has 0 atom stereocenters. The normalized spacial score (nSPS) is 14.8. The Morgan fingerprint density at radius 1 is 1.10 bits per heavy atom. The van der Waals surface area contributed by atoms with Crippen LogP contribution in [0.15, 0.2) is 42.7 Å². The van der Waals surface area contributed by atoms with Crippen LogP contribution in [-0.4, -0.2) is 23.1 Å². The van der Waals surface area contributed by atoms with E-state index in [1.807, 2.05) is 24.5 Å². The molecule has 2 heterocycles. The number of hydrogen-bond donors (Lipinski definition) is 2. The number of benzene rings is 1. The second-order valence-electron chi connectivity index (χ2n) is 4.97. The molecule has 1 aliphatic heterocycles. The van der Waals surface area contributed by atoms with Crippen molar-refractivity contribution >= 4 is 17.2 Å². The van der Waals surface area contributed by atoms with Crippen molar-refractivity contribution in [2.45, 2.75) is 13.3 Å². The lowest BCUT2D eigenvalue weighted by atomic mass is 10.0. The molecule has 0 saturated carbocycles. The van der Waals surface area contributed by atoms with Gasteiger partial charge in [-0.25, -0.2) is 9.97 Å². The summed E-state index contributed by atoms with van der Waals surface area (Å²) in [5, 5.41) is 6.51. The summed E-state index contributed by atoms with van der Waals surface area (Å²) in [6, 6.07) is 8.19. The molecule has 1 aromatic heterocycles. The van der Waals surface area contributed by atoms with Gasteiger partial charge in [0.15, 0.2) is 0 Å². The number of nitrogens with one attached hydrogen (secondary N) is 2. The van der Waals surface area contributed by atoms with E-state index >= 15 is 0 Å². The molecule has 1 aromatic carbocycles. The van der Waals surface area contributed by atoms with Crippen LogP contribution in [0.2, 0.25) is 0 Å². The third kappa shape index (κ3) is 3.03. The number of anilines is 2. The first-order valence-electron chi connectivity index (χ1n) is 6.87. The van der Waals surface area contributed by atoms with Gasteiger partial charge in [-0.05, 0) is 37.6 Å². The van der Waals surface area contributed by atoms with Gasteiger partial charge >= 0.3 is 0 Å². The summed E-state index contributed by atoms with van der Waals surface area (Å²) in [4.78, 5) is 8.78. The number of aromatic nitrogens is 2. The first kappa shape index (κ1) is 12.8. The molecule has 1 aliphatic rings. The van der Waals surface area contributed by atoms with Gasteiger partial charge in [-0.2, -0.15) is 0 Å². The Morgan fingerprint density at radius 2 is 1.85 bits per heavy atom. The molecule has 3 rings (SSSR count). The highest BCUT2D eigenvalue weighted by molar-refractivity contribution is 5.66. The van der Waals surface area contributed by atoms with Gasteiger partial charge < -0.3 is 10.6 Å². The maximum absolute atomic E-state index is 4.39. The number of nitrogens with zero attached hydrogens (tertiary/aromatic N) is 2. The van der Waals surface area contributed by atoms with E-state index in [0.717, 1.165) is 30.8 Å². The molecule has 102 valence electrons. The van der Waals surface area contributed by atoms with Gasteiger partial charge in [-0.3, -0.25) is 0 Å². The van der Waals surface area contributed by atoms with E-state index in [9.17, 15) is 0 Å². The van der Waals surface area contributed by atoms with E-state index in [1.165, 1.54) is 11.1 Å². The Hall–Kier alpha value is -2.20. The van der Waals surface area contributed by atoms with Crippen LogP contribution < -0.4 is 10.6 Å². The summed E-state index contributed by atoms with van der Waals surface area (Å²) in [5.41, 5.74) is 4.68. The quantitative estimate of drug-likeness (QED) is 0.897. The molecular weight excluding hydrogens is 248 g/mol. The van der Waals surface area contributed by atoms with E-state index < -0.39 is 0 Å². The maximum atomic E-state index is 4.39. The minimum absolute atomic E-state index is 0.632. The van der Waals surface area contributed by atoms with E-state index in [1.54, 1.807) is 0 Å². The summed E-state index contributed by atoms with van der Waals surface area (Å²) in [6.45, 7) is 4.02. The SMILES string of the molecule is Cc1ccc(Nc2ncc(C3=CCNCC3)cn2)cc1. The Labute approximate surface area is 119 Å². The van der Waals surface area contributed by atoms with Crippen molar-refractivity contribution < 1.29 is 0 Å². The molecule has 0 aliphatic carbocycles. The minimum atomic E-state index is 0.632. The summed E-state index contributed by atoms with van der Waals surface area (Å²) < 4.78 is 0. The molecule has 0 saturated heterocycles. The van der Waals surface area contributed by atoms with Crippen LogP contribution in [0, 0.1) is 6.92 Å². The molecule has 0 amide bonds. The molecule has 4 heteroatoms. The van der Waals surface area contributed by atoms with Crippen molar-refractivity contribution in [1.82, 2.24) is 15.3 Å².